The average Bonchev–Trinajstić information content (AvgIpc) is 3.14. The van der Waals surface area contributed by atoms with Gasteiger partial charge in [-0.05, 0) is 42.0 Å². The average molecular weight is 331 g/mol. The number of nitrogens with one attached hydrogen (secondary N) is 2. The molecule has 0 amide bonds. The summed E-state index contributed by atoms with van der Waals surface area (Å²) in [6.45, 7) is 7.21. The van der Waals surface area contributed by atoms with Crippen LogP contribution in [0.2, 0.25) is 5.02 Å². The summed E-state index contributed by atoms with van der Waals surface area (Å²) in [7, 11) is -3.47. The molecule has 21 heavy (non-hydrogen) atoms. The molecule has 6 heteroatoms. The molecule has 4 nitrogen and oxygen atoms in total. The lowest BCUT2D eigenvalue weighted by Gasteiger charge is -2.13. The lowest BCUT2D eigenvalue weighted by Crippen LogP contribution is -2.29. The largest absolute Gasteiger partial charge is 0.310 e. The number of rotatable bonds is 7. The molecule has 2 rings (SSSR count). The Balaban J connectivity index is 2.12. The van der Waals surface area contributed by atoms with Gasteiger partial charge in [-0.3, -0.25) is 0 Å². The smallest absolute Gasteiger partial charge is 0.240 e. The van der Waals surface area contributed by atoms with Gasteiger partial charge in [0.1, 0.15) is 0 Å². The van der Waals surface area contributed by atoms with Crippen molar-refractivity contribution in [3.8, 4) is 0 Å². The zero-order chi connectivity index (χ0) is 15.7. The maximum atomic E-state index is 12.3. The van der Waals surface area contributed by atoms with Gasteiger partial charge in [-0.25, -0.2) is 13.1 Å². The fraction of sp³-hybridized carbons (Fsp3) is 0.600. The summed E-state index contributed by atoms with van der Waals surface area (Å²) in [6.07, 6.45) is 2.17. The first-order valence-corrected chi connectivity index (χ1v) is 9.09. The van der Waals surface area contributed by atoms with E-state index in [1.165, 1.54) is 0 Å². The first-order valence-electron chi connectivity index (χ1n) is 7.23. The second-order valence-electron chi connectivity index (χ2n) is 6.42. The maximum Gasteiger partial charge on any atom is 0.240 e. The van der Waals surface area contributed by atoms with Gasteiger partial charge in [-0.2, -0.15) is 0 Å². The Morgan fingerprint density at radius 2 is 2.00 bits per heavy atom. The number of benzene rings is 1. The SMILES string of the molecule is CC(C)NCc1cc(S(=O)(=O)NCC2(C)CC2)ccc1Cl. The highest BCUT2D eigenvalue weighted by Gasteiger charge is 2.38. The highest BCUT2D eigenvalue weighted by molar-refractivity contribution is 7.89. The second-order valence-corrected chi connectivity index (χ2v) is 8.60. The van der Waals surface area contributed by atoms with Gasteiger partial charge in [0, 0.05) is 24.2 Å². The van der Waals surface area contributed by atoms with E-state index in [4.69, 9.17) is 11.6 Å². The van der Waals surface area contributed by atoms with Crippen LogP contribution in [0.5, 0.6) is 0 Å². The molecular formula is C15H23ClN2O2S. The molecule has 2 N–H and O–H groups in total. The third kappa shape index (κ3) is 4.68. The van der Waals surface area contributed by atoms with Crippen LogP contribution in [0.4, 0.5) is 0 Å². The third-order valence-corrected chi connectivity index (χ3v) is 5.59. The summed E-state index contributed by atoms with van der Waals surface area (Å²) in [5.74, 6) is 0. The molecule has 1 aromatic carbocycles. The third-order valence-electron chi connectivity index (χ3n) is 3.82. The van der Waals surface area contributed by atoms with Crippen LogP contribution in [0.15, 0.2) is 23.1 Å². The Bertz CT molecular complexity index is 610. The van der Waals surface area contributed by atoms with Crippen LogP contribution in [0.1, 0.15) is 39.2 Å². The lowest BCUT2D eigenvalue weighted by molar-refractivity contribution is 0.530. The van der Waals surface area contributed by atoms with Gasteiger partial charge in [0.15, 0.2) is 0 Å². The van der Waals surface area contributed by atoms with Crippen LogP contribution < -0.4 is 10.0 Å². The Hall–Kier alpha value is -0.620. The van der Waals surface area contributed by atoms with Crippen molar-refractivity contribution in [3.05, 3.63) is 28.8 Å². The molecule has 0 heterocycles. The zero-order valence-corrected chi connectivity index (χ0v) is 14.3. The predicted molar refractivity (Wildman–Crippen MR) is 86.0 cm³/mol. The topological polar surface area (TPSA) is 58.2 Å². The molecule has 0 radical (unpaired) electrons. The van der Waals surface area contributed by atoms with Gasteiger partial charge in [-0.15, -0.1) is 0 Å². The van der Waals surface area contributed by atoms with Crippen molar-refractivity contribution in [1.82, 2.24) is 10.0 Å². The quantitative estimate of drug-likeness (QED) is 0.808. The fourth-order valence-electron chi connectivity index (χ4n) is 1.91. The van der Waals surface area contributed by atoms with Gasteiger partial charge >= 0.3 is 0 Å². The van der Waals surface area contributed by atoms with Crippen molar-refractivity contribution >= 4 is 21.6 Å². The Kier molecular flexibility index (Phi) is 4.98. The van der Waals surface area contributed by atoms with E-state index in [0.29, 0.717) is 24.2 Å². The van der Waals surface area contributed by atoms with E-state index < -0.39 is 10.0 Å². The first-order chi connectivity index (χ1) is 9.72. The molecule has 1 saturated carbocycles. The summed E-state index contributed by atoms with van der Waals surface area (Å²) in [5, 5.41) is 3.83. The predicted octanol–water partition coefficient (Wildman–Crippen LogP) is 2.92. The van der Waals surface area contributed by atoms with Gasteiger partial charge < -0.3 is 5.32 Å². The molecule has 1 fully saturated rings. The highest BCUT2D eigenvalue weighted by atomic mass is 35.5. The molecule has 1 aliphatic carbocycles. The second kappa shape index (κ2) is 6.24. The zero-order valence-electron chi connectivity index (χ0n) is 12.7. The van der Waals surface area contributed by atoms with Crippen LogP contribution in [0, 0.1) is 5.41 Å². The highest BCUT2D eigenvalue weighted by Crippen LogP contribution is 2.44. The summed E-state index contributed by atoms with van der Waals surface area (Å²) in [5.41, 5.74) is 0.938. The van der Waals surface area contributed by atoms with E-state index in [1.807, 2.05) is 13.8 Å². The molecule has 0 spiro atoms. The van der Waals surface area contributed by atoms with Crippen molar-refractivity contribution in [2.24, 2.45) is 5.41 Å². The van der Waals surface area contributed by atoms with Crippen molar-refractivity contribution in [2.45, 2.75) is 51.1 Å². The molecule has 0 aliphatic heterocycles. The standard InChI is InChI=1S/C15H23ClN2O2S/c1-11(2)17-9-12-8-13(4-5-14(12)16)21(19,20)18-10-15(3)6-7-15/h4-5,8,11,17-18H,6-7,9-10H2,1-3H3. The number of sulfonamides is 1. The minimum Gasteiger partial charge on any atom is -0.310 e. The summed E-state index contributed by atoms with van der Waals surface area (Å²) in [4.78, 5) is 0.275. The summed E-state index contributed by atoms with van der Waals surface area (Å²) < 4.78 is 27.4. The molecule has 1 aromatic rings. The van der Waals surface area contributed by atoms with Crippen LogP contribution in [0.3, 0.4) is 0 Å². The monoisotopic (exact) mass is 330 g/mol. The number of halogens is 1. The van der Waals surface area contributed by atoms with E-state index in [9.17, 15) is 8.42 Å². The van der Waals surface area contributed by atoms with Crippen molar-refractivity contribution in [2.75, 3.05) is 6.54 Å². The molecule has 0 bridgehead atoms. The molecule has 1 aliphatic rings. The van der Waals surface area contributed by atoms with Gasteiger partial charge in [0.25, 0.3) is 0 Å². The molecule has 0 aromatic heterocycles. The molecule has 0 unspecified atom stereocenters. The van der Waals surface area contributed by atoms with Crippen molar-refractivity contribution < 1.29 is 8.42 Å². The van der Waals surface area contributed by atoms with Crippen LogP contribution in [-0.2, 0) is 16.6 Å². The minimum absolute atomic E-state index is 0.140. The Morgan fingerprint density at radius 3 is 2.57 bits per heavy atom. The van der Waals surface area contributed by atoms with E-state index in [-0.39, 0.29) is 10.3 Å². The van der Waals surface area contributed by atoms with Gasteiger partial charge in [0.05, 0.1) is 4.90 Å². The fourth-order valence-corrected chi connectivity index (χ4v) is 3.34. The lowest BCUT2D eigenvalue weighted by atomic mass is 10.2. The van der Waals surface area contributed by atoms with E-state index >= 15 is 0 Å². The summed E-state index contributed by atoms with van der Waals surface area (Å²) in [6, 6.07) is 5.16. The summed E-state index contributed by atoms with van der Waals surface area (Å²) >= 11 is 6.13. The van der Waals surface area contributed by atoms with Crippen LogP contribution in [0.25, 0.3) is 0 Å². The van der Waals surface area contributed by atoms with E-state index in [1.54, 1.807) is 18.2 Å². The molecule has 0 atom stereocenters. The van der Waals surface area contributed by atoms with Crippen molar-refractivity contribution in [3.63, 3.8) is 0 Å². The van der Waals surface area contributed by atoms with E-state index in [2.05, 4.69) is 17.0 Å². The van der Waals surface area contributed by atoms with Crippen molar-refractivity contribution in [1.29, 1.82) is 0 Å². The maximum absolute atomic E-state index is 12.3. The Morgan fingerprint density at radius 1 is 1.33 bits per heavy atom. The number of hydrogen-bond acceptors (Lipinski definition) is 3. The first kappa shape index (κ1) is 16.7. The van der Waals surface area contributed by atoms with Gasteiger partial charge in [-0.1, -0.05) is 32.4 Å². The van der Waals surface area contributed by atoms with Gasteiger partial charge in [0.2, 0.25) is 10.0 Å². The molecule has 0 saturated heterocycles. The van der Waals surface area contributed by atoms with Crippen LogP contribution >= 0.6 is 11.6 Å². The normalized spacial score (nSPS) is 17.2. The number of hydrogen-bond donors (Lipinski definition) is 2. The Labute approximate surface area is 132 Å². The minimum atomic E-state index is -3.47. The molecule has 118 valence electrons. The molecular weight excluding hydrogens is 308 g/mol. The van der Waals surface area contributed by atoms with E-state index in [0.717, 1.165) is 18.4 Å². The van der Waals surface area contributed by atoms with Crippen LogP contribution in [-0.4, -0.2) is 21.0 Å².